The van der Waals surface area contributed by atoms with Crippen molar-refractivity contribution in [3.8, 4) is 0 Å². The van der Waals surface area contributed by atoms with Crippen molar-refractivity contribution < 1.29 is 26.3 Å². The number of hydrogen-bond acceptors (Lipinski definition) is 4. The molecule has 0 bridgehead atoms. The molecule has 156 valence electrons. The Hall–Kier alpha value is -2.10. The van der Waals surface area contributed by atoms with Crippen LogP contribution in [0.2, 0.25) is 0 Å². The van der Waals surface area contributed by atoms with Crippen LogP contribution in [0.25, 0.3) is 0 Å². The summed E-state index contributed by atoms with van der Waals surface area (Å²) in [4.78, 5) is 2.33. The van der Waals surface area contributed by atoms with Crippen LogP contribution >= 0.6 is 0 Å². The number of rotatable bonds is 4. The molecule has 1 saturated heterocycles. The monoisotopic (exact) mass is 426 g/mol. The standard InChI is InChI=1S/C20H21F3N2O3S/c21-20(22,23)17-3-1-15(2-4-17)14-24-8-7-16-13-18(5-6-19(16)24)29(26,27)25-9-11-28-12-10-25/h1-6,13H,7-12,14H2. The van der Waals surface area contributed by atoms with Gasteiger partial charge in [0.2, 0.25) is 10.0 Å². The first-order valence-corrected chi connectivity index (χ1v) is 10.8. The second kappa shape index (κ2) is 7.62. The number of hydrogen-bond donors (Lipinski definition) is 0. The van der Waals surface area contributed by atoms with Gasteiger partial charge in [0, 0.05) is 31.9 Å². The lowest BCUT2D eigenvalue weighted by Crippen LogP contribution is -2.40. The van der Waals surface area contributed by atoms with Gasteiger partial charge in [0.25, 0.3) is 0 Å². The van der Waals surface area contributed by atoms with Crippen LogP contribution in [0.3, 0.4) is 0 Å². The summed E-state index contributed by atoms with van der Waals surface area (Å²) in [6, 6.07) is 10.3. The van der Waals surface area contributed by atoms with Crippen molar-refractivity contribution in [2.45, 2.75) is 24.0 Å². The Morgan fingerprint density at radius 1 is 0.966 bits per heavy atom. The van der Waals surface area contributed by atoms with E-state index in [1.807, 2.05) is 0 Å². The Morgan fingerprint density at radius 2 is 1.66 bits per heavy atom. The molecule has 4 rings (SSSR count). The molecule has 0 saturated carbocycles. The lowest BCUT2D eigenvalue weighted by molar-refractivity contribution is -0.137. The van der Waals surface area contributed by atoms with Gasteiger partial charge in [-0.05, 0) is 47.9 Å². The Labute approximate surface area is 167 Å². The van der Waals surface area contributed by atoms with Crippen molar-refractivity contribution in [3.05, 3.63) is 59.2 Å². The molecule has 0 amide bonds. The van der Waals surface area contributed by atoms with Crippen LogP contribution in [0, 0.1) is 0 Å². The number of nitrogens with zero attached hydrogens (tertiary/aromatic N) is 2. The second-order valence-corrected chi connectivity index (χ2v) is 9.11. The van der Waals surface area contributed by atoms with Crippen molar-refractivity contribution in [2.75, 3.05) is 37.7 Å². The van der Waals surface area contributed by atoms with Crippen molar-refractivity contribution >= 4 is 15.7 Å². The Kier molecular flexibility index (Phi) is 5.30. The number of sulfonamides is 1. The van der Waals surface area contributed by atoms with E-state index in [4.69, 9.17) is 4.74 Å². The number of alkyl halides is 3. The van der Waals surface area contributed by atoms with Gasteiger partial charge in [-0.1, -0.05) is 12.1 Å². The molecule has 2 aromatic rings. The Balaban J connectivity index is 1.51. The molecule has 5 nitrogen and oxygen atoms in total. The number of halogens is 3. The van der Waals surface area contributed by atoms with E-state index in [-0.39, 0.29) is 4.90 Å². The second-order valence-electron chi connectivity index (χ2n) is 7.17. The minimum absolute atomic E-state index is 0.273. The molecule has 0 aromatic heterocycles. The van der Waals surface area contributed by atoms with E-state index in [0.29, 0.717) is 45.8 Å². The molecule has 29 heavy (non-hydrogen) atoms. The maximum atomic E-state index is 12.8. The minimum atomic E-state index is -4.35. The van der Waals surface area contributed by atoms with E-state index in [0.717, 1.165) is 28.9 Å². The quantitative estimate of drug-likeness (QED) is 0.753. The van der Waals surface area contributed by atoms with Gasteiger partial charge in [0.15, 0.2) is 0 Å². The third-order valence-electron chi connectivity index (χ3n) is 5.31. The predicted molar refractivity (Wildman–Crippen MR) is 102 cm³/mol. The van der Waals surface area contributed by atoms with Gasteiger partial charge >= 0.3 is 6.18 Å². The minimum Gasteiger partial charge on any atom is -0.379 e. The molecule has 2 aliphatic heterocycles. The average molecular weight is 426 g/mol. The molecule has 0 atom stereocenters. The van der Waals surface area contributed by atoms with Crippen LogP contribution in [0.15, 0.2) is 47.4 Å². The van der Waals surface area contributed by atoms with Crippen LogP contribution in [0.5, 0.6) is 0 Å². The van der Waals surface area contributed by atoms with Gasteiger partial charge in [-0.25, -0.2) is 8.42 Å². The van der Waals surface area contributed by atoms with Gasteiger partial charge in [-0.15, -0.1) is 0 Å². The molecule has 9 heteroatoms. The number of benzene rings is 2. The third-order valence-corrected chi connectivity index (χ3v) is 7.20. The summed E-state index contributed by atoms with van der Waals surface area (Å²) >= 11 is 0. The fourth-order valence-corrected chi connectivity index (χ4v) is 5.19. The lowest BCUT2D eigenvalue weighted by atomic mass is 10.1. The molecule has 0 spiro atoms. The molecule has 0 aliphatic carbocycles. The van der Waals surface area contributed by atoms with Gasteiger partial charge in [0.1, 0.15) is 0 Å². The summed E-state index contributed by atoms with van der Waals surface area (Å²) < 4.78 is 70.5. The third kappa shape index (κ3) is 4.12. The highest BCUT2D eigenvalue weighted by molar-refractivity contribution is 7.89. The van der Waals surface area contributed by atoms with Crippen LogP contribution in [0.4, 0.5) is 18.9 Å². The highest BCUT2D eigenvalue weighted by Gasteiger charge is 2.31. The summed E-state index contributed by atoms with van der Waals surface area (Å²) in [5.74, 6) is 0. The summed E-state index contributed by atoms with van der Waals surface area (Å²) in [5, 5.41) is 0. The number of anilines is 1. The number of morpholine rings is 1. The van der Waals surface area contributed by atoms with Gasteiger partial charge in [-0.2, -0.15) is 17.5 Å². The zero-order valence-electron chi connectivity index (χ0n) is 15.7. The van der Waals surface area contributed by atoms with E-state index >= 15 is 0 Å². The maximum Gasteiger partial charge on any atom is 0.416 e. The fourth-order valence-electron chi connectivity index (χ4n) is 3.73. The normalized spacial score (nSPS) is 18.1. The van der Waals surface area contributed by atoms with Gasteiger partial charge < -0.3 is 9.64 Å². The van der Waals surface area contributed by atoms with Crippen LogP contribution in [0.1, 0.15) is 16.7 Å². The van der Waals surface area contributed by atoms with E-state index < -0.39 is 21.8 Å². The van der Waals surface area contributed by atoms with Gasteiger partial charge in [0.05, 0.1) is 23.7 Å². The molecule has 2 heterocycles. The number of ether oxygens (including phenoxy) is 1. The lowest BCUT2D eigenvalue weighted by Gasteiger charge is -2.26. The zero-order valence-corrected chi connectivity index (χ0v) is 16.5. The smallest absolute Gasteiger partial charge is 0.379 e. The molecule has 0 radical (unpaired) electrons. The highest BCUT2D eigenvalue weighted by Crippen LogP contribution is 2.33. The molecular formula is C20H21F3N2O3S. The molecule has 0 unspecified atom stereocenters. The topological polar surface area (TPSA) is 49.9 Å². The molecule has 2 aromatic carbocycles. The van der Waals surface area contributed by atoms with Crippen LogP contribution in [-0.4, -0.2) is 45.6 Å². The SMILES string of the molecule is O=S(=O)(c1ccc2c(c1)CCN2Cc1ccc(C(F)(F)F)cc1)N1CCOCC1. The summed E-state index contributed by atoms with van der Waals surface area (Å²) in [6.07, 6.45) is -3.65. The molecular weight excluding hydrogens is 405 g/mol. The van der Waals surface area contributed by atoms with Crippen molar-refractivity contribution in [1.82, 2.24) is 4.31 Å². The average Bonchev–Trinajstić information content (AvgIpc) is 3.10. The highest BCUT2D eigenvalue weighted by atomic mass is 32.2. The van der Waals surface area contributed by atoms with Crippen molar-refractivity contribution in [2.24, 2.45) is 0 Å². The van der Waals surface area contributed by atoms with Crippen LogP contribution < -0.4 is 4.90 Å². The molecule has 0 N–H and O–H groups in total. The van der Waals surface area contributed by atoms with Crippen molar-refractivity contribution in [1.29, 1.82) is 0 Å². The molecule has 1 fully saturated rings. The van der Waals surface area contributed by atoms with Crippen LogP contribution in [-0.2, 0) is 33.9 Å². The first-order chi connectivity index (χ1) is 13.7. The van der Waals surface area contributed by atoms with E-state index in [9.17, 15) is 21.6 Å². The first-order valence-electron chi connectivity index (χ1n) is 9.37. The largest absolute Gasteiger partial charge is 0.416 e. The van der Waals surface area contributed by atoms with E-state index in [1.165, 1.54) is 16.4 Å². The van der Waals surface area contributed by atoms with E-state index in [1.54, 1.807) is 18.2 Å². The zero-order chi connectivity index (χ0) is 20.6. The van der Waals surface area contributed by atoms with Crippen molar-refractivity contribution in [3.63, 3.8) is 0 Å². The number of fused-ring (bicyclic) bond motifs is 1. The molecule has 2 aliphatic rings. The van der Waals surface area contributed by atoms with E-state index in [2.05, 4.69) is 4.90 Å². The fraction of sp³-hybridized carbons (Fsp3) is 0.400. The first kappa shape index (κ1) is 20.2. The summed E-state index contributed by atoms with van der Waals surface area (Å²) in [6.45, 7) is 2.65. The Bertz CT molecular complexity index is 985. The van der Waals surface area contributed by atoms with Gasteiger partial charge in [-0.3, -0.25) is 0 Å². The summed E-state index contributed by atoms with van der Waals surface area (Å²) in [7, 11) is -3.55. The summed E-state index contributed by atoms with van der Waals surface area (Å²) in [5.41, 5.74) is 1.97. The predicted octanol–water partition coefficient (Wildman–Crippen LogP) is 3.29. The Morgan fingerprint density at radius 3 is 2.31 bits per heavy atom. The maximum absolute atomic E-state index is 12.8.